The standard InChI is InChI=1S/C25H21F3N6O2/c1-24(14-35,20-5-3-4-12-29-20)30-23(36)15-6-11-19-18(13-15)21-22(32-33(2)31-21)34(19)17-9-7-16(8-10-17)25(26,27)28/h3-13,35H,14H2,1-2H3,(H,30,36)/t24-/m0/s1. The zero-order valence-corrected chi connectivity index (χ0v) is 19.3. The normalized spacial score (nSPS) is 13.7. The van der Waals surface area contributed by atoms with Crippen LogP contribution in [-0.4, -0.2) is 42.2 Å². The molecule has 2 aromatic carbocycles. The third-order valence-electron chi connectivity index (χ3n) is 6.05. The van der Waals surface area contributed by atoms with Gasteiger partial charge < -0.3 is 10.4 Å². The lowest BCUT2D eigenvalue weighted by molar-refractivity contribution is -0.137. The SMILES string of the molecule is Cn1nc2c3cc(C(=O)N[C@@](C)(CO)c4ccccn4)ccc3n(-c3ccc(C(F)(F)F)cc3)c2n1. The van der Waals surface area contributed by atoms with Gasteiger partial charge in [-0.1, -0.05) is 6.07 Å². The van der Waals surface area contributed by atoms with Crippen LogP contribution in [0.5, 0.6) is 0 Å². The number of nitrogens with one attached hydrogen (secondary N) is 1. The third kappa shape index (κ3) is 3.97. The molecule has 36 heavy (non-hydrogen) atoms. The minimum absolute atomic E-state index is 0.315. The Bertz CT molecular complexity index is 1580. The molecule has 184 valence electrons. The molecule has 2 N–H and O–H groups in total. The predicted octanol–water partition coefficient (Wildman–Crippen LogP) is 3.96. The fourth-order valence-corrected chi connectivity index (χ4v) is 4.15. The maximum atomic E-state index is 13.2. The van der Waals surface area contributed by atoms with E-state index in [9.17, 15) is 23.1 Å². The number of aromatic nitrogens is 5. The molecule has 0 radical (unpaired) electrons. The van der Waals surface area contributed by atoms with Crippen LogP contribution >= 0.6 is 0 Å². The first-order valence-corrected chi connectivity index (χ1v) is 11.0. The summed E-state index contributed by atoms with van der Waals surface area (Å²) in [5.41, 5.74) is 1.01. The molecule has 5 aromatic rings. The van der Waals surface area contributed by atoms with E-state index in [1.807, 2.05) is 0 Å². The monoisotopic (exact) mass is 494 g/mol. The number of fused-ring (bicyclic) bond motifs is 3. The number of halogens is 3. The highest BCUT2D eigenvalue weighted by atomic mass is 19.4. The van der Waals surface area contributed by atoms with Crippen LogP contribution in [0.2, 0.25) is 0 Å². The highest BCUT2D eigenvalue weighted by molar-refractivity contribution is 6.09. The summed E-state index contributed by atoms with van der Waals surface area (Å²) in [5, 5.41) is 22.2. The molecule has 11 heteroatoms. The fourth-order valence-electron chi connectivity index (χ4n) is 4.15. The Morgan fingerprint density at radius 3 is 2.44 bits per heavy atom. The molecule has 3 heterocycles. The Kier molecular flexibility index (Phi) is 5.51. The van der Waals surface area contributed by atoms with E-state index < -0.39 is 23.2 Å². The number of aliphatic hydroxyl groups excluding tert-OH is 1. The molecule has 0 unspecified atom stereocenters. The summed E-state index contributed by atoms with van der Waals surface area (Å²) in [6, 6.07) is 14.9. The van der Waals surface area contributed by atoms with Crippen LogP contribution in [0.15, 0.2) is 66.9 Å². The Morgan fingerprint density at radius 2 is 1.81 bits per heavy atom. The molecule has 0 aliphatic carbocycles. The van der Waals surface area contributed by atoms with Crippen molar-refractivity contribution in [3.05, 3.63) is 83.7 Å². The van der Waals surface area contributed by atoms with Gasteiger partial charge >= 0.3 is 6.18 Å². The first-order chi connectivity index (χ1) is 17.1. The number of hydrogen-bond acceptors (Lipinski definition) is 5. The number of alkyl halides is 3. The molecule has 1 amide bonds. The Labute approximate surface area is 203 Å². The molecule has 0 aliphatic heterocycles. The zero-order valence-electron chi connectivity index (χ0n) is 19.3. The summed E-state index contributed by atoms with van der Waals surface area (Å²) in [4.78, 5) is 18.8. The first-order valence-electron chi connectivity index (χ1n) is 11.0. The van der Waals surface area contributed by atoms with Crippen molar-refractivity contribution in [1.29, 1.82) is 0 Å². The molecule has 0 spiro atoms. The van der Waals surface area contributed by atoms with E-state index in [-0.39, 0.29) is 6.61 Å². The number of aliphatic hydroxyl groups is 1. The predicted molar refractivity (Wildman–Crippen MR) is 126 cm³/mol. The van der Waals surface area contributed by atoms with Crippen LogP contribution in [0.1, 0.15) is 28.5 Å². The van der Waals surface area contributed by atoms with Gasteiger partial charge in [-0.25, -0.2) is 0 Å². The second kappa shape index (κ2) is 8.45. The third-order valence-corrected chi connectivity index (χ3v) is 6.05. The van der Waals surface area contributed by atoms with E-state index in [1.165, 1.54) is 16.9 Å². The second-order valence-electron chi connectivity index (χ2n) is 8.63. The van der Waals surface area contributed by atoms with Crippen molar-refractivity contribution >= 4 is 28.0 Å². The summed E-state index contributed by atoms with van der Waals surface area (Å²) in [6.07, 6.45) is -2.87. The van der Waals surface area contributed by atoms with Crippen LogP contribution in [-0.2, 0) is 18.8 Å². The largest absolute Gasteiger partial charge is 0.416 e. The lowest BCUT2D eigenvalue weighted by Crippen LogP contribution is -2.46. The quantitative estimate of drug-likeness (QED) is 0.386. The Balaban J connectivity index is 1.58. The van der Waals surface area contributed by atoms with Gasteiger partial charge in [-0.15, -0.1) is 5.10 Å². The number of pyridine rings is 1. The Morgan fingerprint density at radius 1 is 1.06 bits per heavy atom. The summed E-state index contributed by atoms with van der Waals surface area (Å²) in [6.45, 7) is 1.31. The van der Waals surface area contributed by atoms with E-state index in [0.29, 0.717) is 39.0 Å². The highest BCUT2D eigenvalue weighted by Gasteiger charge is 2.31. The van der Waals surface area contributed by atoms with Gasteiger partial charge in [0.1, 0.15) is 11.1 Å². The number of hydrogen-bond donors (Lipinski definition) is 2. The molecule has 0 saturated carbocycles. The zero-order chi connectivity index (χ0) is 25.7. The van der Waals surface area contributed by atoms with Crippen molar-refractivity contribution in [1.82, 2.24) is 29.9 Å². The fraction of sp³-hybridized carbons (Fsp3) is 0.200. The number of aryl methyl sites for hydroxylation is 1. The van der Waals surface area contributed by atoms with E-state index in [0.717, 1.165) is 12.1 Å². The molecule has 3 aromatic heterocycles. The molecule has 0 bridgehead atoms. The summed E-state index contributed by atoms with van der Waals surface area (Å²) in [5.74, 6) is -0.432. The lowest BCUT2D eigenvalue weighted by Gasteiger charge is -2.28. The smallest absolute Gasteiger partial charge is 0.394 e. The number of rotatable bonds is 5. The average molecular weight is 494 g/mol. The van der Waals surface area contributed by atoms with E-state index in [4.69, 9.17) is 0 Å². The van der Waals surface area contributed by atoms with Crippen molar-refractivity contribution in [2.45, 2.75) is 18.6 Å². The van der Waals surface area contributed by atoms with Gasteiger partial charge in [0.05, 0.1) is 23.4 Å². The highest BCUT2D eigenvalue weighted by Crippen LogP contribution is 2.33. The van der Waals surface area contributed by atoms with Gasteiger partial charge in [-0.3, -0.25) is 14.3 Å². The number of benzene rings is 2. The molecule has 0 saturated heterocycles. The maximum Gasteiger partial charge on any atom is 0.416 e. The van der Waals surface area contributed by atoms with Crippen LogP contribution in [0, 0.1) is 0 Å². The molecule has 8 nitrogen and oxygen atoms in total. The maximum absolute atomic E-state index is 13.2. The van der Waals surface area contributed by atoms with Gasteiger partial charge in [0.15, 0.2) is 5.65 Å². The van der Waals surface area contributed by atoms with Crippen LogP contribution in [0.3, 0.4) is 0 Å². The van der Waals surface area contributed by atoms with Crippen molar-refractivity contribution in [3.63, 3.8) is 0 Å². The number of carbonyl (C=O) groups is 1. The molecule has 5 rings (SSSR count). The minimum Gasteiger partial charge on any atom is -0.394 e. The van der Waals surface area contributed by atoms with Gasteiger partial charge in [-0.2, -0.15) is 23.1 Å². The van der Waals surface area contributed by atoms with Gasteiger partial charge in [0.2, 0.25) is 0 Å². The van der Waals surface area contributed by atoms with Crippen LogP contribution in [0.25, 0.3) is 27.8 Å². The summed E-state index contributed by atoms with van der Waals surface area (Å²) >= 11 is 0. The Hall–Kier alpha value is -4.25. The second-order valence-corrected chi connectivity index (χ2v) is 8.63. The average Bonchev–Trinajstić information content (AvgIpc) is 3.38. The van der Waals surface area contributed by atoms with Crippen LogP contribution in [0.4, 0.5) is 13.2 Å². The van der Waals surface area contributed by atoms with Crippen molar-refractivity contribution < 1.29 is 23.1 Å². The van der Waals surface area contributed by atoms with Crippen molar-refractivity contribution in [3.8, 4) is 5.69 Å². The van der Waals surface area contributed by atoms with Crippen molar-refractivity contribution in [2.24, 2.45) is 7.05 Å². The topological polar surface area (TPSA) is 97.9 Å². The number of nitrogens with zero attached hydrogens (tertiary/aromatic N) is 5. The van der Waals surface area contributed by atoms with E-state index >= 15 is 0 Å². The van der Waals surface area contributed by atoms with Gasteiger partial charge in [-0.05, 0) is 61.5 Å². The number of carbonyl (C=O) groups excluding carboxylic acids is 1. The van der Waals surface area contributed by atoms with E-state index in [1.54, 1.807) is 61.1 Å². The molecule has 0 fully saturated rings. The lowest BCUT2D eigenvalue weighted by atomic mass is 9.97. The molecule has 1 atom stereocenters. The van der Waals surface area contributed by atoms with Gasteiger partial charge in [0, 0.05) is 29.9 Å². The minimum atomic E-state index is -4.44. The number of amides is 1. The van der Waals surface area contributed by atoms with Crippen molar-refractivity contribution in [2.75, 3.05) is 6.61 Å². The summed E-state index contributed by atoms with van der Waals surface area (Å²) in [7, 11) is 1.64. The van der Waals surface area contributed by atoms with Crippen LogP contribution < -0.4 is 5.32 Å². The van der Waals surface area contributed by atoms with E-state index in [2.05, 4.69) is 20.5 Å². The molecular formula is C25H21F3N6O2. The summed E-state index contributed by atoms with van der Waals surface area (Å²) < 4.78 is 40.9. The van der Waals surface area contributed by atoms with Gasteiger partial charge in [0.25, 0.3) is 5.91 Å². The molecule has 0 aliphatic rings. The first kappa shape index (κ1) is 23.5. The molecular weight excluding hydrogens is 473 g/mol.